The SMILES string of the molecule is CC(C)C12CC(C(F)(F)F)(CO1)C2. The fourth-order valence-corrected chi connectivity index (χ4v) is 2.44. The third-order valence-electron chi connectivity index (χ3n) is 3.56. The summed E-state index contributed by atoms with van der Waals surface area (Å²) in [6, 6.07) is 0. The molecule has 0 unspecified atom stereocenters. The highest BCUT2D eigenvalue weighted by Crippen LogP contribution is 2.66. The Morgan fingerprint density at radius 1 is 1.23 bits per heavy atom. The van der Waals surface area contributed by atoms with Crippen molar-refractivity contribution in [1.29, 1.82) is 0 Å². The summed E-state index contributed by atoms with van der Waals surface area (Å²) in [5.41, 5.74) is -1.97. The van der Waals surface area contributed by atoms with E-state index in [1.807, 2.05) is 13.8 Å². The van der Waals surface area contributed by atoms with Crippen molar-refractivity contribution in [3.63, 3.8) is 0 Å². The van der Waals surface area contributed by atoms with Gasteiger partial charge in [0.05, 0.1) is 17.6 Å². The van der Waals surface area contributed by atoms with Crippen molar-refractivity contribution < 1.29 is 17.9 Å². The molecule has 4 heteroatoms. The van der Waals surface area contributed by atoms with Crippen molar-refractivity contribution in [1.82, 2.24) is 0 Å². The molecule has 0 atom stereocenters. The molecule has 1 nitrogen and oxygen atoms in total. The van der Waals surface area contributed by atoms with E-state index in [0.29, 0.717) is 0 Å². The highest BCUT2D eigenvalue weighted by atomic mass is 19.4. The quantitative estimate of drug-likeness (QED) is 0.623. The smallest absolute Gasteiger partial charge is 0.374 e. The van der Waals surface area contributed by atoms with Crippen LogP contribution in [0.4, 0.5) is 13.2 Å². The van der Waals surface area contributed by atoms with Crippen molar-refractivity contribution in [2.45, 2.75) is 38.5 Å². The van der Waals surface area contributed by atoms with Crippen molar-refractivity contribution in [3.05, 3.63) is 0 Å². The summed E-state index contributed by atoms with van der Waals surface area (Å²) in [7, 11) is 0. The van der Waals surface area contributed by atoms with Crippen LogP contribution in [0.15, 0.2) is 0 Å². The Labute approximate surface area is 75.3 Å². The van der Waals surface area contributed by atoms with E-state index in [4.69, 9.17) is 4.74 Å². The van der Waals surface area contributed by atoms with Crippen LogP contribution in [0.25, 0.3) is 0 Å². The van der Waals surface area contributed by atoms with Crippen LogP contribution in [-0.4, -0.2) is 18.4 Å². The molecule has 3 rings (SSSR count). The van der Waals surface area contributed by atoms with Gasteiger partial charge in [-0.25, -0.2) is 0 Å². The molecule has 0 radical (unpaired) electrons. The molecule has 2 aliphatic heterocycles. The number of ether oxygens (including phenoxy) is 1. The average molecular weight is 194 g/mol. The van der Waals surface area contributed by atoms with E-state index < -0.39 is 17.2 Å². The van der Waals surface area contributed by atoms with Crippen LogP contribution in [0.5, 0.6) is 0 Å². The maximum absolute atomic E-state index is 12.5. The van der Waals surface area contributed by atoms with Gasteiger partial charge in [-0.15, -0.1) is 0 Å². The van der Waals surface area contributed by atoms with Crippen LogP contribution in [-0.2, 0) is 4.74 Å². The Balaban J connectivity index is 2.15. The predicted octanol–water partition coefficient (Wildman–Crippen LogP) is 2.75. The maximum Gasteiger partial charge on any atom is 0.396 e. The molecule has 1 aliphatic carbocycles. The second kappa shape index (κ2) is 2.22. The summed E-state index contributed by atoms with van der Waals surface area (Å²) >= 11 is 0. The molecule has 1 saturated carbocycles. The minimum absolute atomic E-state index is 0.130. The monoisotopic (exact) mass is 194 g/mol. The minimum atomic E-state index is -4.08. The fourth-order valence-electron chi connectivity index (χ4n) is 2.44. The number of halogens is 3. The van der Waals surface area contributed by atoms with Crippen LogP contribution in [0.3, 0.4) is 0 Å². The van der Waals surface area contributed by atoms with E-state index in [2.05, 4.69) is 0 Å². The number of fused-ring (bicyclic) bond motifs is 1. The lowest BCUT2D eigenvalue weighted by Crippen LogP contribution is -2.54. The number of hydrogen-bond donors (Lipinski definition) is 0. The topological polar surface area (TPSA) is 9.23 Å². The van der Waals surface area contributed by atoms with Gasteiger partial charge < -0.3 is 4.74 Å². The highest BCUT2D eigenvalue weighted by molar-refractivity contribution is 5.15. The average Bonchev–Trinajstić information content (AvgIpc) is 2.34. The molecule has 0 aromatic carbocycles. The summed E-state index contributed by atoms with van der Waals surface area (Å²) < 4.78 is 42.9. The Bertz CT molecular complexity index is 226. The lowest BCUT2D eigenvalue weighted by Gasteiger charge is -2.47. The second-order valence-electron chi connectivity index (χ2n) is 4.64. The first-order chi connectivity index (χ1) is 5.81. The molecule has 76 valence electrons. The molecule has 0 amide bonds. The number of alkyl halides is 3. The van der Waals surface area contributed by atoms with Crippen LogP contribution >= 0.6 is 0 Å². The van der Waals surface area contributed by atoms with Gasteiger partial charge in [-0.05, 0) is 18.8 Å². The van der Waals surface area contributed by atoms with E-state index in [-0.39, 0.29) is 25.4 Å². The van der Waals surface area contributed by atoms with E-state index >= 15 is 0 Å². The third-order valence-corrected chi connectivity index (χ3v) is 3.56. The van der Waals surface area contributed by atoms with Gasteiger partial charge in [0.2, 0.25) is 0 Å². The first kappa shape index (κ1) is 9.31. The second-order valence-corrected chi connectivity index (χ2v) is 4.64. The lowest BCUT2D eigenvalue weighted by atomic mass is 9.58. The van der Waals surface area contributed by atoms with Gasteiger partial charge in [-0.1, -0.05) is 13.8 Å². The van der Waals surface area contributed by atoms with Crippen molar-refractivity contribution in [3.8, 4) is 0 Å². The molecule has 0 aromatic heterocycles. The lowest BCUT2D eigenvalue weighted by molar-refractivity contribution is -0.247. The molecular formula is C9H13F3O. The Morgan fingerprint density at radius 3 is 2.00 bits per heavy atom. The van der Waals surface area contributed by atoms with Crippen LogP contribution in [0, 0.1) is 11.3 Å². The standard InChI is InChI=1S/C9H13F3O/c1-6(2)8-3-7(4-8,5-13-8)9(10,11)12/h6H,3-5H2,1-2H3. The van der Waals surface area contributed by atoms with Gasteiger partial charge in [0, 0.05) is 0 Å². The van der Waals surface area contributed by atoms with Crippen LogP contribution in [0.1, 0.15) is 26.7 Å². The minimum Gasteiger partial charge on any atom is -0.374 e. The molecule has 0 spiro atoms. The largest absolute Gasteiger partial charge is 0.396 e. The van der Waals surface area contributed by atoms with Gasteiger partial charge in [0.15, 0.2) is 0 Å². The van der Waals surface area contributed by atoms with E-state index in [1.165, 1.54) is 0 Å². The highest BCUT2D eigenvalue weighted by Gasteiger charge is 2.74. The molecule has 3 fully saturated rings. The fraction of sp³-hybridized carbons (Fsp3) is 1.00. The van der Waals surface area contributed by atoms with Gasteiger partial charge >= 0.3 is 6.18 Å². The molecule has 0 aromatic rings. The Hall–Kier alpha value is -0.250. The zero-order chi connectivity index (χ0) is 9.91. The van der Waals surface area contributed by atoms with Gasteiger partial charge in [-0.3, -0.25) is 0 Å². The number of rotatable bonds is 1. The van der Waals surface area contributed by atoms with Crippen molar-refractivity contribution >= 4 is 0 Å². The first-order valence-electron chi connectivity index (χ1n) is 4.52. The molecule has 2 heterocycles. The third kappa shape index (κ3) is 0.981. The van der Waals surface area contributed by atoms with Crippen molar-refractivity contribution in [2.75, 3.05) is 6.61 Å². The van der Waals surface area contributed by atoms with Crippen LogP contribution in [0.2, 0.25) is 0 Å². The Morgan fingerprint density at radius 2 is 1.77 bits per heavy atom. The zero-order valence-electron chi connectivity index (χ0n) is 7.74. The Kier molecular flexibility index (Phi) is 1.59. The van der Waals surface area contributed by atoms with E-state index in [1.54, 1.807) is 0 Å². The van der Waals surface area contributed by atoms with E-state index in [9.17, 15) is 13.2 Å². The molecule has 13 heavy (non-hydrogen) atoms. The molecule has 3 aliphatic rings. The summed E-state index contributed by atoms with van der Waals surface area (Å²) in [6.45, 7) is 3.71. The molecule has 0 N–H and O–H groups in total. The summed E-state index contributed by atoms with van der Waals surface area (Å²) in [5.74, 6) is 0.186. The zero-order valence-corrected chi connectivity index (χ0v) is 7.74. The van der Waals surface area contributed by atoms with Gasteiger partial charge in [0.25, 0.3) is 0 Å². The molecule has 2 saturated heterocycles. The molecule has 2 bridgehead atoms. The summed E-state index contributed by atoms with van der Waals surface area (Å²) in [5, 5.41) is 0. The van der Waals surface area contributed by atoms with Gasteiger partial charge in [0.1, 0.15) is 0 Å². The summed E-state index contributed by atoms with van der Waals surface area (Å²) in [6.07, 6.45) is -3.75. The predicted molar refractivity (Wildman–Crippen MR) is 41.2 cm³/mol. The van der Waals surface area contributed by atoms with Crippen molar-refractivity contribution in [2.24, 2.45) is 11.3 Å². The summed E-state index contributed by atoms with van der Waals surface area (Å²) in [4.78, 5) is 0. The first-order valence-corrected chi connectivity index (χ1v) is 4.52. The number of hydrogen-bond acceptors (Lipinski definition) is 1. The van der Waals surface area contributed by atoms with Crippen LogP contribution < -0.4 is 0 Å². The molecular weight excluding hydrogens is 181 g/mol. The van der Waals surface area contributed by atoms with Gasteiger partial charge in [-0.2, -0.15) is 13.2 Å². The normalized spacial score (nSPS) is 43.8. The maximum atomic E-state index is 12.5. The van der Waals surface area contributed by atoms with E-state index in [0.717, 1.165) is 0 Å².